The topological polar surface area (TPSA) is 38.3 Å². The Balaban J connectivity index is 2.15. The molecule has 2 aromatic rings. The third kappa shape index (κ3) is 3.85. The molecule has 0 aliphatic heterocycles. The van der Waals surface area contributed by atoms with Crippen molar-refractivity contribution in [2.75, 3.05) is 11.9 Å². The van der Waals surface area contributed by atoms with Gasteiger partial charge in [0.2, 0.25) is 0 Å². The van der Waals surface area contributed by atoms with Crippen molar-refractivity contribution in [1.82, 2.24) is 0 Å². The van der Waals surface area contributed by atoms with Crippen LogP contribution in [-0.4, -0.2) is 18.1 Å². The number of hydrogen-bond acceptors (Lipinski definition) is 3. The number of rotatable bonds is 5. The summed E-state index contributed by atoms with van der Waals surface area (Å²) in [5.41, 5.74) is 1.08. The van der Waals surface area contributed by atoms with Gasteiger partial charge in [0.1, 0.15) is 6.61 Å². The highest BCUT2D eigenvalue weighted by molar-refractivity contribution is 5.94. The first-order valence-electron chi connectivity index (χ1n) is 6.98. The molecule has 0 heterocycles. The summed E-state index contributed by atoms with van der Waals surface area (Å²) in [5.74, 6) is -0.359. The standard InChI is InChI=1S/C18H21NO2/c1-13(2)17(20)21-12-18(3,4)19-16-11-7-9-14-8-5-6-10-15(14)16/h5-11,19H,1,12H2,2-4H3. The van der Waals surface area contributed by atoms with Crippen molar-refractivity contribution in [1.29, 1.82) is 0 Å². The molecule has 0 unspecified atom stereocenters. The van der Waals surface area contributed by atoms with Gasteiger partial charge in [0, 0.05) is 16.6 Å². The molecule has 0 aliphatic rings. The molecular weight excluding hydrogens is 262 g/mol. The van der Waals surface area contributed by atoms with E-state index in [1.807, 2.05) is 38.1 Å². The molecule has 0 saturated heterocycles. The zero-order valence-corrected chi connectivity index (χ0v) is 12.8. The quantitative estimate of drug-likeness (QED) is 0.661. The first-order valence-corrected chi connectivity index (χ1v) is 6.98. The van der Waals surface area contributed by atoms with Gasteiger partial charge >= 0.3 is 5.97 Å². The fourth-order valence-corrected chi connectivity index (χ4v) is 2.10. The summed E-state index contributed by atoms with van der Waals surface area (Å²) in [6.07, 6.45) is 0. The maximum Gasteiger partial charge on any atom is 0.333 e. The second-order valence-corrected chi connectivity index (χ2v) is 5.89. The molecule has 0 spiro atoms. The molecule has 3 heteroatoms. The van der Waals surface area contributed by atoms with Crippen LogP contribution in [0.15, 0.2) is 54.6 Å². The van der Waals surface area contributed by atoms with E-state index in [1.54, 1.807) is 6.92 Å². The van der Waals surface area contributed by atoms with E-state index >= 15 is 0 Å². The number of anilines is 1. The minimum absolute atomic E-state index is 0.280. The van der Waals surface area contributed by atoms with Crippen LogP contribution in [0.2, 0.25) is 0 Å². The fraction of sp³-hybridized carbons (Fsp3) is 0.278. The van der Waals surface area contributed by atoms with Crippen LogP contribution in [0, 0.1) is 0 Å². The first-order chi connectivity index (χ1) is 9.89. The number of ether oxygens (including phenoxy) is 1. The predicted molar refractivity (Wildman–Crippen MR) is 87.4 cm³/mol. The van der Waals surface area contributed by atoms with Crippen LogP contribution in [0.25, 0.3) is 10.8 Å². The van der Waals surface area contributed by atoms with Crippen LogP contribution < -0.4 is 5.32 Å². The van der Waals surface area contributed by atoms with Gasteiger partial charge < -0.3 is 10.1 Å². The molecule has 0 radical (unpaired) electrons. The zero-order chi connectivity index (χ0) is 15.5. The first kappa shape index (κ1) is 15.1. The van der Waals surface area contributed by atoms with Gasteiger partial charge in [0.05, 0.1) is 5.54 Å². The van der Waals surface area contributed by atoms with Gasteiger partial charge in [0.15, 0.2) is 0 Å². The minimum atomic E-state index is -0.366. The average Bonchev–Trinajstić information content (AvgIpc) is 2.45. The van der Waals surface area contributed by atoms with Crippen molar-refractivity contribution in [3.05, 3.63) is 54.6 Å². The van der Waals surface area contributed by atoms with Crippen LogP contribution in [0.1, 0.15) is 20.8 Å². The van der Waals surface area contributed by atoms with E-state index in [0.29, 0.717) is 5.57 Å². The lowest BCUT2D eigenvalue weighted by atomic mass is 10.0. The van der Waals surface area contributed by atoms with E-state index in [4.69, 9.17) is 4.74 Å². The largest absolute Gasteiger partial charge is 0.460 e. The molecule has 2 aromatic carbocycles. The van der Waals surface area contributed by atoms with Gasteiger partial charge in [-0.15, -0.1) is 0 Å². The molecule has 2 rings (SSSR count). The van der Waals surface area contributed by atoms with Crippen molar-refractivity contribution >= 4 is 22.4 Å². The summed E-state index contributed by atoms with van der Waals surface area (Å²) in [5, 5.41) is 5.78. The van der Waals surface area contributed by atoms with E-state index in [2.05, 4.69) is 30.1 Å². The van der Waals surface area contributed by atoms with Crippen LogP contribution in [0.3, 0.4) is 0 Å². The molecule has 0 aliphatic carbocycles. The highest BCUT2D eigenvalue weighted by Crippen LogP contribution is 2.26. The summed E-state index contributed by atoms with van der Waals surface area (Å²) in [6, 6.07) is 14.3. The number of fused-ring (bicyclic) bond motifs is 1. The fourth-order valence-electron chi connectivity index (χ4n) is 2.10. The summed E-state index contributed by atoms with van der Waals surface area (Å²) >= 11 is 0. The lowest BCUT2D eigenvalue weighted by Crippen LogP contribution is -2.37. The van der Waals surface area contributed by atoms with Gasteiger partial charge in [-0.3, -0.25) is 0 Å². The number of carbonyl (C=O) groups excluding carboxylic acids is 1. The molecule has 0 aromatic heterocycles. The minimum Gasteiger partial charge on any atom is -0.460 e. The highest BCUT2D eigenvalue weighted by atomic mass is 16.5. The van der Waals surface area contributed by atoms with Crippen molar-refractivity contribution in [2.45, 2.75) is 26.3 Å². The monoisotopic (exact) mass is 283 g/mol. The summed E-state index contributed by atoms with van der Waals surface area (Å²) < 4.78 is 5.25. The lowest BCUT2D eigenvalue weighted by Gasteiger charge is -2.27. The highest BCUT2D eigenvalue weighted by Gasteiger charge is 2.21. The van der Waals surface area contributed by atoms with Gasteiger partial charge in [0.25, 0.3) is 0 Å². The Kier molecular flexibility index (Phi) is 4.32. The number of benzene rings is 2. The number of esters is 1. The van der Waals surface area contributed by atoms with E-state index < -0.39 is 0 Å². The maximum atomic E-state index is 11.5. The van der Waals surface area contributed by atoms with Crippen molar-refractivity contribution < 1.29 is 9.53 Å². The van der Waals surface area contributed by atoms with Crippen LogP contribution in [0.5, 0.6) is 0 Å². The third-order valence-corrected chi connectivity index (χ3v) is 3.18. The van der Waals surface area contributed by atoms with Gasteiger partial charge in [-0.25, -0.2) is 4.79 Å². The molecule has 0 atom stereocenters. The third-order valence-electron chi connectivity index (χ3n) is 3.18. The molecule has 0 saturated carbocycles. The molecule has 0 fully saturated rings. The van der Waals surface area contributed by atoms with Crippen molar-refractivity contribution in [3.63, 3.8) is 0 Å². The summed E-state index contributed by atoms with van der Waals surface area (Å²) in [4.78, 5) is 11.5. The molecule has 21 heavy (non-hydrogen) atoms. The summed E-state index contributed by atoms with van der Waals surface area (Å²) in [6.45, 7) is 9.51. The van der Waals surface area contributed by atoms with Gasteiger partial charge in [-0.1, -0.05) is 43.0 Å². The van der Waals surface area contributed by atoms with Crippen LogP contribution in [0.4, 0.5) is 5.69 Å². The van der Waals surface area contributed by atoms with Crippen molar-refractivity contribution in [3.8, 4) is 0 Å². The normalized spacial score (nSPS) is 11.2. The average molecular weight is 283 g/mol. The number of hydrogen-bond donors (Lipinski definition) is 1. The maximum absolute atomic E-state index is 11.5. The second kappa shape index (κ2) is 6.00. The Bertz CT molecular complexity index is 668. The SMILES string of the molecule is C=C(C)C(=O)OCC(C)(C)Nc1cccc2ccccc12. The second-order valence-electron chi connectivity index (χ2n) is 5.89. The Morgan fingerprint density at radius 3 is 2.57 bits per heavy atom. The van der Waals surface area contributed by atoms with Gasteiger partial charge in [-0.05, 0) is 32.2 Å². The number of carbonyl (C=O) groups is 1. The van der Waals surface area contributed by atoms with E-state index in [1.165, 1.54) is 5.39 Å². The summed E-state index contributed by atoms with van der Waals surface area (Å²) in [7, 11) is 0. The van der Waals surface area contributed by atoms with Gasteiger partial charge in [-0.2, -0.15) is 0 Å². The molecular formula is C18H21NO2. The molecule has 1 N–H and O–H groups in total. The van der Waals surface area contributed by atoms with E-state index in [9.17, 15) is 4.79 Å². The van der Waals surface area contributed by atoms with Crippen molar-refractivity contribution in [2.24, 2.45) is 0 Å². The Hall–Kier alpha value is -2.29. The van der Waals surface area contributed by atoms with E-state index in [0.717, 1.165) is 11.1 Å². The van der Waals surface area contributed by atoms with E-state index in [-0.39, 0.29) is 18.1 Å². The Morgan fingerprint density at radius 2 is 1.86 bits per heavy atom. The van der Waals surface area contributed by atoms with Crippen LogP contribution in [-0.2, 0) is 9.53 Å². The van der Waals surface area contributed by atoms with Crippen LogP contribution >= 0.6 is 0 Å². The smallest absolute Gasteiger partial charge is 0.333 e. The Morgan fingerprint density at radius 1 is 1.19 bits per heavy atom. The molecule has 110 valence electrons. The Labute approximate surface area is 125 Å². The molecule has 3 nitrogen and oxygen atoms in total. The molecule has 0 bridgehead atoms. The molecule has 0 amide bonds. The zero-order valence-electron chi connectivity index (χ0n) is 12.8. The lowest BCUT2D eigenvalue weighted by molar-refractivity contribution is -0.140. The predicted octanol–water partition coefficient (Wildman–Crippen LogP) is 4.15. The number of nitrogens with one attached hydrogen (secondary N) is 1.